The van der Waals surface area contributed by atoms with E-state index < -0.39 is 11.7 Å². The zero-order chi connectivity index (χ0) is 23.3. The first-order valence-corrected chi connectivity index (χ1v) is 11.7. The normalized spacial score (nSPS) is 22.0. The third-order valence-corrected chi connectivity index (χ3v) is 6.29. The van der Waals surface area contributed by atoms with E-state index in [0.29, 0.717) is 45.4 Å². The number of nitrogens with zero attached hydrogens (tertiary/aromatic N) is 2. The highest BCUT2D eigenvalue weighted by atomic mass is 16.6. The van der Waals surface area contributed by atoms with Crippen LogP contribution >= 0.6 is 0 Å². The van der Waals surface area contributed by atoms with Gasteiger partial charge in [-0.05, 0) is 51.5 Å². The number of benzene rings is 1. The van der Waals surface area contributed by atoms with Crippen LogP contribution in [-0.2, 0) is 20.7 Å². The molecule has 0 unspecified atom stereocenters. The highest BCUT2D eigenvalue weighted by Crippen LogP contribution is 2.25. The SMILES string of the molecule is C[C@H]1CN(C(=O)C2CCN(C(=O)CCc3ccccc3)CC2)C[C@H]1NC(=O)OC(C)(C)C. The molecule has 7 heteroatoms. The molecule has 7 nitrogen and oxygen atoms in total. The molecule has 2 saturated heterocycles. The number of likely N-dealkylation sites (tertiary alicyclic amines) is 2. The molecule has 0 saturated carbocycles. The Morgan fingerprint density at radius 3 is 2.31 bits per heavy atom. The van der Waals surface area contributed by atoms with Gasteiger partial charge in [0.2, 0.25) is 11.8 Å². The minimum Gasteiger partial charge on any atom is -0.444 e. The molecule has 2 aliphatic heterocycles. The van der Waals surface area contributed by atoms with Crippen molar-refractivity contribution < 1.29 is 19.1 Å². The molecule has 1 aromatic rings. The summed E-state index contributed by atoms with van der Waals surface area (Å²) in [5, 5.41) is 2.91. The molecule has 0 radical (unpaired) electrons. The van der Waals surface area contributed by atoms with Gasteiger partial charge in [-0.15, -0.1) is 0 Å². The Morgan fingerprint density at radius 2 is 1.69 bits per heavy atom. The van der Waals surface area contributed by atoms with Crippen LogP contribution in [0.3, 0.4) is 0 Å². The van der Waals surface area contributed by atoms with E-state index >= 15 is 0 Å². The highest BCUT2D eigenvalue weighted by molar-refractivity contribution is 5.81. The maximum absolute atomic E-state index is 13.1. The zero-order valence-corrected chi connectivity index (χ0v) is 19.8. The standard InChI is InChI=1S/C25H37N3O4/c1-18-16-28(17-21(18)26-24(31)32-25(2,3)4)23(30)20-12-14-27(15-13-20)22(29)11-10-19-8-6-5-7-9-19/h5-9,18,20-21H,10-17H2,1-4H3,(H,26,31)/t18-,21+/m0/s1. The van der Waals surface area contributed by atoms with Crippen LogP contribution < -0.4 is 5.32 Å². The van der Waals surface area contributed by atoms with Crippen molar-refractivity contribution in [3.63, 3.8) is 0 Å². The van der Waals surface area contributed by atoms with E-state index in [4.69, 9.17) is 4.74 Å². The second-order valence-electron chi connectivity index (χ2n) is 10.1. The number of aryl methyl sites for hydroxylation is 1. The van der Waals surface area contributed by atoms with E-state index in [9.17, 15) is 14.4 Å². The third kappa shape index (κ3) is 6.71. The summed E-state index contributed by atoms with van der Waals surface area (Å²) in [4.78, 5) is 41.5. The predicted octanol–water partition coefficient (Wildman–Crippen LogP) is 3.23. The number of alkyl carbamates (subject to hydrolysis) is 1. The number of carbonyl (C=O) groups is 3. The summed E-state index contributed by atoms with van der Waals surface area (Å²) in [7, 11) is 0. The van der Waals surface area contributed by atoms with Crippen LogP contribution in [0.2, 0.25) is 0 Å². The Kier molecular flexibility index (Phi) is 7.80. The van der Waals surface area contributed by atoms with E-state index in [-0.39, 0.29) is 29.7 Å². The summed E-state index contributed by atoms with van der Waals surface area (Å²) in [5.41, 5.74) is 0.622. The number of carbonyl (C=O) groups excluding carboxylic acids is 3. The average Bonchev–Trinajstić information content (AvgIpc) is 3.11. The molecule has 0 aliphatic carbocycles. The molecule has 2 fully saturated rings. The molecule has 3 amide bonds. The number of hydrogen-bond acceptors (Lipinski definition) is 4. The lowest BCUT2D eigenvalue weighted by Crippen LogP contribution is -2.45. The largest absolute Gasteiger partial charge is 0.444 e. The van der Waals surface area contributed by atoms with Crippen molar-refractivity contribution in [2.45, 2.75) is 65.0 Å². The molecule has 32 heavy (non-hydrogen) atoms. The van der Waals surface area contributed by atoms with Crippen molar-refractivity contribution in [1.29, 1.82) is 0 Å². The number of hydrogen-bond donors (Lipinski definition) is 1. The van der Waals surface area contributed by atoms with Gasteiger partial charge in [-0.25, -0.2) is 4.79 Å². The van der Waals surface area contributed by atoms with Crippen LogP contribution in [0.5, 0.6) is 0 Å². The molecule has 0 aromatic heterocycles. The third-order valence-electron chi connectivity index (χ3n) is 6.29. The van der Waals surface area contributed by atoms with E-state index in [2.05, 4.69) is 5.32 Å². The number of rotatable bonds is 5. The second kappa shape index (κ2) is 10.4. The van der Waals surface area contributed by atoms with Crippen LogP contribution in [0, 0.1) is 11.8 Å². The molecule has 1 N–H and O–H groups in total. The van der Waals surface area contributed by atoms with Crippen molar-refractivity contribution in [1.82, 2.24) is 15.1 Å². The fourth-order valence-corrected chi connectivity index (χ4v) is 4.48. The quantitative estimate of drug-likeness (QED) is 0.758. The summed E-state index contributed by atoms with van der Waals surface area (Å²) in [6, 6.07) is 9.94. The molecule has 2 atom stereocenters. The fourth-order valence-electron chi connectivity index (χ4n) is 4.48. The van der Waals surface area contributed by atoms with Crippen molar-refractivity contribution in [2.24, 2.45) is 11.8 Å². The maximum atomic E-state index is 13.1. The van der Waals surface area contributed by atoms with E-state index in [1.54, 1.807) is 0 Å². The van der Waals surface area contributed by atoms with Crippen molar-refractivity contribution in [3.8, 4) is 0 Å². The molecule has 1 aromatic carbocycles. The van der Waals surface area contributed by atoms with Crippen LogP contribution in [-0.4, -0.2) is 65.5 Å². The maximum Gasteiger partial charge on any atom is 0.407 e. The van der Waals surface area contributed by atoms with Gasteiger partial charge in [0, 0.05) is 38.5 Å². The molecule has 2 aliphatic rings. The first-order chi connectivity index (χ1) is 15.1. The van der Waals surface area contributed by atoms with Gasteiger partial charge in [0.15, 0.2) is 0 Å². The van der Waals surface area contributed by atoms with Gasteiger partial charge in [0.1, 0.15) is 5.60 Å². The first-order valence-electron chi connectivity index (χ1n) is 11.7. The Bertz CT molecular complexity index is 797. The number of nitrogens with one attached hydrogen (secondary N) is 1. The molecule has 0 bridgehead atoms. The lowest BCUT2D eigenvalue weighted by atomic mass is 9.95. The smallest absolute Gasteiger partial charge is 0.407 e. The Labute approximate surface area is 191 Å². The van der Waals surface area contributed by atoms with Gasteiger partial charge < -0.3 is 19.9 Å². The van der Waals surface area contributed by atoms with Crippen molar-refractivity contribution in [3.05, 3.63) is 35.9 Å². The highest BCUT2D eigenvalue weighted by Gasteiger charge is 2.38. The molecule has 2 heterocycles. The lowest BCUT2D eigenvalue weighted by Gasteiger charge is -2.33. The first kappa shape index (κ1) is 24.1. The summed E-state index contributed by atoms with van der Waals surface area (Å²) >= 11 is 0. The van der Waals surface area contributed by atoms with E-state index in [1.165, 1.54) is 5.56 Å². The monoisotopic (exact) mass is 443 g/mol. The summed E-state index contributed by atoms with van der Waals surface area (Å²) in [6.07, 6.45) is 2.21. The Hall–Kier alpha value is -2.57. The molecule has 3 rings (SSSR count). The van der Waals surface area contributed by atoms with Crippen LogP contribution in [0.1, 0.15) is 52.5 Å². The Morgan fingerprint density at radius 1 is 1.03 bits per heavy atom. The Balaban J connectivity index is 1.43. The fraction of sp³-hybridized carbons (Fsp3) is 0.640. The lowest BCUT2D eigenvalue weighted by molar-refractivity contribution is -0.140. The van der Waals surface area contributed by atoms with Crippen LogP contribution in [0.15, 0.2) is 30.3 Å². The summed E-state index contributed by atoms with van der Waals surface area (Å²) in [6.45, 7) is 9.95. The summed E-state index contributed by atoms with van der Waals surface area (Å²) < 4.78 is 5.35. The minimum absolute atomic E-state index is 0.0550. The number of piperidine rings is 1. The summed E-state index contributed by atoms with van der Waals surface area (Å²) in [5.74, 6) is 0.421. The minimum atomic E-state index is -0.548. The van der Waals surface area contributed by atoms with Crippen molar-refractivity contribution in [2.75, 3.05) is 26.2 Å². The molecule has 0 spiro atoms. The molecule has 176 valence electrons. The molecular weight excluding hydrogens is 406 g/mol. The van der Waals surface area contributed by atoms with E-state index in [0.717, 1.165) is 6.42 Å². The second-order valence-corrected chi connectivity index (χ2v) is 10.1. The van der Waals surface area contributed by atoms with Gasteiger partial charge >= 0.3 is 6.09 Å². The predicted molar refractivity (Wildman–Crippen MR) is 123 cm³/mol. The topological polar surface area (TPSA) is 79.0 Å². The van der Waals surface area contributed by atoms with E-state index in [1.807, 2.05) is 67.8 Å². The zero-order valence-electron chi connectivity index (χ0n) is 19.8. The van der Waals surface area contributed by atoms with Gasteiger partial charge in [0.05, 0.1) is 6.04 Å². The number of amides is 3. The van der Waals surface area contributed by atoms with Gasteiger partial charge in [0.25, 0.3) is 0 Å². The average molecular weight is 444 g/mol. The van der Waals surface area contributed by atoms with Gasteiger partial charge in [-0.1, -0.05) is 37.3 Å². The van der Waals surface area contributed by atoms with Crippen LogP contribution in [0.4, 0.5) is 4.79 Å². The van der Waals surface area contributed by atoms with Gasteiger partial charge in [-0.3, -0.25) is 9.59 Å². The molecular formula is C25H37N3O4. The van der Waals surface area contributed by atoms with Crippen LogP contribution in [0.25, 0.3) is 0 Å². The van der Waals surface area contributed by atoms with Crippen molar-refractivity contribution >= 4 is 17.9 Å². The number of ether oxygens (including phenoxy) is 1. The van der Waals surface area contributed by atoms with Gasteiger partial charge in [-0.2, -0.15) is 0 Å².